The van der Waals surface area contributed by atoms with Gasteiger partial charge in [0.05, 0.1) is 6.54 Å². The van der Waals surface area contributed by atoms with Crippen LogP contribution in [0.5, 0.6) is 0 Å². The van der Waals surface area contributed by atoms with Gasteiger partial charge in [-0.2, -0.15) is 0 Å². The molecule has 2 bridgehead atoms. The summed E-state index contributed by atoms with van der Waals surface area (Å²) in [6, 6.07) is 6.56. The summed E-state index contributed by atoms with van der Waals surface area (Å²) in [6.07, 6.45) is 5.22. The predicted molar refractivity (Wildman–Crippen MR) is 107 cm³/mol. The first-order chi connectivity index (χ1) is 13.0. The van der Waals surface area contributed by atoms with Gasteiger partial charge in [-0.1, -0.05) is 18.6 Å². The molecule has 4 rings (SSSR count). The van der Waals surface area contributed by atoms with Crippen molar-refractivity contribution in [1.82, 2.24) is 9.80 Å². The fourth-order valence-electron chi connectivity index (χ4n) is 5.17. The number of benzene rings is 1. The summed E-state index contributed by atoms with van der Waals surface area (Å²) in [6.45, 7) is 1.57. The monoisotopic (exact) mass is 409 g/mol. The number of nitrogens with zero attached hydrogens (tertiary/aromatic N) is 2. The lowest BCUT2D eigenvalue weighted by Crippen LogP contribution is -2.55. The smallest absolute Gasteiger partial charge is 0.242 e. The maximum atomic E-state index is 13.4. The van der Waals surface area contributed by atoms with E-state index in [2.05, 4.69) is 0 Å². The number of nitrogens with two attached hydrogens (primary N) is 1. The Bertz CT molecular complexity index is 717. The third kappa shape index (κ3) is 4.33. The molecule has 0 radical (unpaired) electrons. The molecule has 2 atom stereocenters. The van der Waals surface area contributed by atoms with Crippen LogP contribution in [0.3, 0.4) is 0 Å². The topological polar surface area (TPSA) is 66.6 Å². The minimum absolute atomic E-state index is 0. The van der Waals surface area contributed by atoms with Crippen LogP contribution in [-0.2, 0) is 16.1 Å². The van der Waals surface area contributed by atoms with Crippen LogP contribution in [-0.4, -0.2) is 47.3 Å². The van der Waals surface area contributed by atoms with Crippen molar-refractivity contribution in [3.05, 3.63) is 35.6 Å². The zero-order chi connectivity index (χ0) is 19.0. The van der Waals surface area contributed by atoms with Crippen molar-refractivity contribution in [2.75, 3.05) is 19.6 Å². The Kier molecular flexibility index (Phi) is 6.61. The van der Waals surface area contributed by atoms with Crippen LogP contribution < -0.4 is 5.73 Å². The molecule has 2 amide bonds. The van der Waals surface area contributed by atoms with Crippen molar-refractivity contribution in [2.45, 2.75) is 44.7 Å². The van der Waals surface area contributed by atoms with E-state index in [0.29, 0.717) is 31.5 Å². The Labute approximate surface area is 171 Å². The standard InChI is InChI=1S/C21H28FN3O2.ClH/c22-18-6-1-3-14(9-18)12-24-7-8-25(13-19(24)26)21(27)17-10-15-4-2-5-16(11-17)20(15)23;/h1,3,6,9,15-17,20H,2,4-5,7-8,10-13,23H2;1H. The largest absolute Gasteiger partial charge is 0.335 e. The van der Waals surface area contributed by atoms with Gasteiger partial charge >= 0.3 is 0 Å². The van der Waals surface area contributed by atoms with E-state index in [1.54, 1.807) is 15.9 Å². The molecule has 2 N–H and O–H groups in total. The number of carbonyl (C=O) groups is 2. The van der Waals surface area contributed by atoms with E-state index >= 15 is 0 Å². The second-order valence-electron chi connectivity index (χ2n) is 8.40. The van der Waals surface area contributed by atoms with Crippen molar-refractivity contribution < 1.29 is 14.0 Å². The Hall–Kier alpha value is -1.66. The minimum atomic E-state index is -0.296. The Morgan fingerprint density at radius 2 is 1.89 bits per heavy atom. The summed E-state index contributed by atoms with van der Waals surface area (Å²) < 4.78 is 13.4. The molecule has 3 aliphatic rings. The first kappa shape index (κ1) is 21.1. The van der Waals surface area contributed by atoms with Gasteiger partial charge < -0.3 is 15.5 Å². The minimum Gasteiger partial charge on any atom is -0.335 e. The number of amides is 2. The molecule has 1 aromatic carbocycles. The fraction of sp³-hybridized carbons (Fsp3) is 0.619. The van der Waals surface area contributed by atoms with E-state index in [0.717, 1.165) is 31.2 Å². The highest BCUT2D eigenvalue weighted by atomic mass is 35.5. The van der Waals surface area contributed by atoms with E-state index in [4.69, 9.17) is 5.73 Å². The molecule has 1 saturated heterocycles. The van der Waals surface area contributed by atoms with Gasteiger partial charge in [-0.3, -0.25) is 9.59 Å². The number of hydrogen-bond acceptors (Lipinski definition) is 3. The summed E-state index contributed by atoms with van der Waals surface area (Å²) in [4.78, 5) is 29.0. The first-order valence-corrected chi connectivity index (χ1v) is 10.1. The van der Waals surface area contributed by atoms with Crippen molar-refractivity contribution in [2.24, 2.45) is 23.5 Å². The molecule has 2 aliphatic carbocycles. The third-order valence-corrected chi connectivity index (χ3v) is 6.66. The highest BCUT2D eigenvalue weighted by Crippen LogP contribution is 2.42. The molecular formula is C21H29ClFN3O2. The molecular weight excluding hydrogens is 381 g/mol. The Morgan fingerprint density at radius 3 is 2.54 bits per heavy atom. The van der Waals surface area contributed by atoms with Gasteiger partial charge in [0.15, 0.2) is 0 Å². The lowest BCUT2D eigenvalue weighted by molar-refractivity contribution is -0.149. The molecule has 2 saturated carbocycles. The average Bonchev–Trinajstić information content (AvgIpc) is 2.63. The first-order valence-electron chi connectivity index (χ1n) is 10.1. The molecule has 28 heavy (non-hydrogen) atoms. The van der Waals surface area contributed by atoms with E-state index < -0.39 is 0 Å². The Balaban J connectivity index is 0.00000225. The van der Waals surface area contributed by atoms with E-state index in [1.165, 1.54) is 18.6 Å². The van der Waals surface area contributed by atoms with Gasteiger partial charge in [0, 0.05) is 31.6 Å². The van der Waals surface area contributed by atoms with Gasteiger partial charge in [0.1, 0.15) is 5.82 Å². The second-order valence-corrected chi connectivity index (χ2v) is 8.40. The summed E-state index contributed by atoms with van der Waals surface area (Å²) in [7, 11) is 0. The molecule has 7 heteroatoms. The SMILES string of the molecule is Cl.NC1C2CCCC1CC(C(=O)N1CCN(Cc3cccc(F)c3)C(=O)C1)C2. The van der Waals surface area contributed by atoms with E-state index in [1.807, 2.05) is 6.07 Å². The van der Waals surface area contributed by atoms with E-state index in [9.17, 15) is 14.0 Å². The lowest BCUT2D eigenvalue weighted by Gasteiger charge is -2.45. The van der Waals surface area contributed by atoms with Crippen molar-refractivity contribution in [3.8, 4) is 0 Å². The zero-order valence-corrected chi connectivity index (χ0v) is 16.9. The quantitative estimate of drug-likeness (QED) is 0.834. The molecule has 1 heterocycles. The summed E-state index contributed by atoms with van der Waals surface area (Å²) in [5, 5.41) is 0. The van der Waals surface area contributed by atoms with Gasteiger partial charge in [0.2, 0.25) is 11.8 Å². The maximum Gasteiger partial charge on any atom is 0.242 e. The second kappa shape index (κ2) is 8.78. The van der Waals surface area contributed by atoms with Crippen LogP contribution in [0, 0.1) is 23.6 Å². The fourth-order valence-corrected chi connectivity index (χ4v) is 5.17. The molecule has 5 nitrogen and oxygen atoms in total. The van der Waals surface area contributed by atoms with Crippen LogP contribution in [0.15, 0.2) is 24.3 Å². The molecule has 0 aromatic heterocycles. The predicted octanol–water partition coefficient (Wildman–Crippen LogP) is 2.57. The van der Waals surface area contributed by atoms with Gasteiger partial charge in [-0.25, -0.2) is 4.39 Å². The van der Waals surface area contributed by atoms with Gasteiger partial charge in [0.25, 0.3) is 0 Å². The van der Waals surface area contributed by atoms with Crippen LogP contribution in [0.25, 0.3) is 0 Å². The summed E-state index contributed by atoms with van der Waals surface area (Å²) >= 11 is 0. The van der Waals surface area contributed by atoms with Crippen LogP contribution >= 0.6 is 12.4 Å². The van der Waals surface area contributed by atoms with Crippen LogP contribution in [0.2, 0.25) is 0 Å². The van der Waals surface area contributed by atoms with Crippen molar-refractivity contribution >= 4 is 24.2 Å². The molecule has 0 spiro atoms. The average molecular weight is 410 g/mol. The number of halogens is 2. The summed E-state index contributed by atoms with van der Waals surface area (Å²) in [5.74, 6) is 0.689. The number of fused-ring (bicyclic) bond motifs is 2. The molecule has 1 aliphatic heterocycles. The molecule has 2 unspecified atom stereocenters. The third-order valence-electron chi connectivity index (χ3n) is 6.66. The molecule has 154 valence electrons. The van der Waals surface area contributed by atoms with Crippen molar-refractivity contribution in [1.29, 1.82) is 0 Å². The molecule has 1 aromatic rings. The molecule has 3 fully saturated rings. The Morgan fingerprint density at radius 1 is 1.18 bits per heavy atom. The normalized spacial score (nSPS) is 30.0. The zero-order valence-electron chi connectivity index (χ0n) is 16.1. The van der Waals surface area contributed by atoms with Crippen LogP contribution in [0.1, 0.15) is 37.7 Å². The van der Waals surface area contributed by atoms with Gasteiger partial charge in [-0.05, 0) is 55.2 Å². The highest BCUT2D eigenvalue weighted by Gasteiger charge is 2.42. The van der Waals surface area contributed by atoms with Crippen molar-refractivity contribution in [3.63, 3.8) is 0 Å². The van der Waals surface area contributed by atoms with E-state index in [-0.39, 0.29) is 48.5 Å². The maximum absolute atomic E-state index is 13.4. The van der Waals surface area contributed by atoms with Gasteiger partial charge in [-0.15, -0.1) is 12.4 Å². The highest BCUT2D eigenvalue weighted by molar-refractivity contribution is 5.87. The van der Waals surface area contributed by atoms with Crippen LogP contribution in [0.4, 0.5) is 4.39 Å². The summed E-state index contributed by atoms with van der Waals surface area (Å²) in [5.41, 5.74) is 7.11. The number of hydrogen-bond donors (Lipinski definition) is 1. The number of rotatable bonds is 3. The number of carbonyl (C=O) groups excluding carboxylic acids is 2. The number of piperazine rings is 1. The lowest BCUT2D eigenvalue weighted by atomic mass is 9.65.